The van der Waals surface area contributed by atoms with Crippen LogP contribution in [0.4, 0.5) is 11.4 Å². The third-order valence-corrected chi connectivity index (χ3v) is 6.27. The molecule has 1 aliphatic rings. The van der Waals surface area contributed by atoms with Crippen LogP contribution in [0.2, 0.25) is 0 Å². The summed E-state index contributed by atoms with van der Waals surface area (Å²) < 4.78 is 0. The van der Waals surface area contributed by atoms with Gasteiger partial charge in [0.1, 0.15) is 6.54 Å². The lowest BCUT2D eigenvalue weighted by Gasteiger charge is -2.33. The van der Waals surface area contributed by atoms with Gasteiger partial charge in [0.25, 0.3) is 5.91 Å². The molecule has 1 atom stereocenters. The summed E-state index contributed by atoms with van der Waals surface area (Å²) in [5.41, 5.74) is 3.36. The second-order valence-electron chi connectivity index (χ2n) is 8.68. The topological polar surface area (TPSA) is 41.2 Å². The lowest BCUT2D eigenvalue weighted by molar-refractivity contribution is -0.898. The molecule has 1 fully saturated rings. The van der Waals surface area contributed by atoms with E-state index in [0.717, 1.165) is 25.3 Å². The number of nitrogens with one attached hydrogen (secondary N) is 3. The quantitative estimate of drug-likeness (QED) is 0.540. The second kappa shape index (κ2) is 9.94. The number of carbonyl (C=O) groups excluding carboxylic acids is 1. The van der Waals surface area contributed by atoms with Crippen LogP contribution in [-0.2, 0) is 11.3 Å². The Morgan fingerprint density at radius 2 is 1.71 bits per heavy atom. The van der Waals surface area contributed by atoms with E-state index in [-0.39, 0.29) is 5.91 Å². The largest absolute Gasteiger partial charge is 0.360 e. The number of piperazine rings is 1. The van der Waals surface area contributed by atoms with Gasteiger partial charge in [-0.25, -0.2) is 0 Å². The summed E-state index contributed by atoms with van der Waals surface area (Å²) in [7, 11) is 2.07. The fourth-order valence-corrected chi connectivity index (χ4v) is 4.43. The summed E-state index contributed by atoms with van der Waals surface area (Å²) in [5, 5.41) is 5.55. The minimum absolute atomic E-state index is 0.0474. The van der Waals surface area contributed by atoms with Crippen LogP contribution in [0, 0.1) is 0 Å². The highest BCUT2D eigenvalue weighted by Gasteiger charge is 2.18. The Hall–Kier alpha value is -2.89. The molecule has 1 saturated heterocycles. The van der Waals surface area contributed by atoms with Crippen LogP contribution in [0.5, 0.6) is 0 Å². The van der Waals surface area contributed by atoms with E-state index in [4.69, 9.17) is 0 Å². The first kappa shape index (κ1) is 21.3. The van der Waals surface area contributed by atoms with Gasteiger partial charge < -0.3 is 20.0 Å². The molecular formula is C26H34N4O+2. The predicted molar refractivity (Wildman–Crippen MR) is 128 cm³/mol. The third-order valence-electron chi connectivity index (χ3n) is 6.27. The Bertz CT molecular complexity index is 1010. The van der Waals surface area contributed by atoms with E-state index in [1.54, 1.807) is 4.90 Å². The zero-order chi connectivity index (χ0) is 21.6. The van der Waals surface area contributed by atoms with Crippen LogP contribution >= 0.6 is 0 Å². The zero-order valence-electron chi connectivity index (χ0n) is 18.7. The first-order chi connectivity index (χ1) is 15.1. The fourth-order valence-electron chi connectivity index (χ4n) is 4.43. The van der Waals surface area contributed by atoms with E-state index in [2.05, 4.69) is 78.8 Å². The molecule has 4 rings (SSSR count). The maximum absolute atomic E-state index is 12.5. The van der Waals surface area contributed by atoms with Crippen molar-refractivity contribution in [2.45, 2.75) is 13.5 Å². The molecule has 1 heterocycles. The smallest absolute Gasteiger partial charge is 0.279 e. The maximum Gasteiger partial charge on any atom is 0.279 e. The van der Waals surface area contributed by atoms with E-state index in [1.807, 2.05) is 12.1 Å². The van der Waals surface area contributed by atoms with Crippen LogP contribution in [0.3, 0.4) is 0 Å². The van der Waals surface area contributed by atoms with Crippen LogP contribution < -0.4 is 20.0 Å². The van der Waals surface area contributed by atoms with Gasteiger partial charge >= 0.3 is 0 Å². The molecule has 3 aromatic rings. The van der Waals surface area contributed by atoms with E-state index >= 15 is 0 Å². The van der Waals surface area contributed by atoms with Crippen molar-refractivity contribution in [3.63, 3.8) is 0 Å². The number of hydrogen-bond donors (Lipinski definition) is 3. The van der Waals surface area contributed by atoms with Crippen molar-refractivity contribution < 1.29 is 14.6 Å². The standard InChI is InChI=1S/C26H32N4O/c1-3-29-14-16-30(17-15-29)25-12-10-24(11-13-25)27-26(31)20-28(2)19-21-8-9-22-6-4-5-7-23(22)18-21/h4-13,18H,3,14-17,19-20H2,1-2H3,(H,27,31)/p+2. The minimum Gasteiger partial charge on any atom is -0.360 e. The molecule has 0 bridgehead atoms. The Kier molecular flexibility index (Phi) is 6.85. The van der Waals surface area contributed by atoms with Crippen LogP contribution in [0.15, 0.2) is 66.7 Å². The summed E-state index contributed by atoms with van der Waals surface area (Å²) >= 11 is 0. The zero-order valence-corrected chi connectivity index (χ0v) is 18.7. The number of fused-ring (bicyclic) bond motifs is 1. The number of rotatable bonds is 7. The molecule has 0 saturated carbocycles. The molecular weight excluding hydrogens is 384 g/mol. The lowest BCUT2D eigenvalue weighted by atomic mass is 10.1. The van der Waals surface area contributed by atoms with Crippen LogP contribution in [-0.4, -0.2) is 52.2 Å². The van der Waals surface area contributed by atoms with Gasteiger partial charge in [0, 0.05) is 16.9 Å². The molecule has 1 aliphatic heterocycles. The number of hydrogen-bond acceptors (Lipinski definition) is 2. The Morgan fingerprint density at radius 3 is 2.42 bits per heavy atom. The van der Waals surface area contributed by atoms with E-state index in [0.29, 0.717) is 6.54 Å². The van der Waals surface area contributed by atoms with Crippen molar-refractivity contribution in [2.75, 3.05) is 56.5 Å². The SMILES string of the molecule is CC[NH+]1CCN(c2ccc(NC(=O)C[NH+](C)Cc3ccc4ccccc4c3)cc2)CC1. The second-order valence-corrected chi connectivity index (χ2v) is 8.68. The average molecular weight is 419 g/mol. The average Bonchev–Trinajstić information content (AvgIpc) is 2.79. The molecule has 162 valence electrons. The molecule has 3 aromatic carbocycles. The van der Waals surface area contributed by atoms with Gasteiger partial charge in [-0.15, -0.1) is 0 Å². The minimum atomic E-state index is 0.0474. The molecule has 31 heavy (non-hydrogen) atoms. The highest BCUT2D eigenvalue weighted by Crippen LogP contribution is 2.18. The Labute approximate surface area is 185 Å². The molecule has 0 spiro atoms. The molecule has 3 N–H and O–H groups in total. The fraction of sp³-hybridized carbons (Fsp3) is 0.346. The molecule has 1 amide bonds. The number of anilines is 2. The maximum atomic E-state index is 12.5. The van der Waals surface area contributed by atoms with Crippen molar-refractivity contribution in [3.8, 4) is 0 Å². The number of quaternary nitrogens is 2. The first-order valence-corrected chi connectivity index (χ1v) is 11.4. The highest BCUT2D eigenvalue weighted by atomic mass is 16.2. The summed E-state index contributed by atoms with van der Waals surface area (Å²) in [6, 6.07) is 23.2. The molecule has 0 aromatic heterocycles. The Morgan fingerprint density at radius 1 is 1.00 bits per heavy atom. The van der Waals surface area contributed by atoms with Crippen molar-refractivity contribution in [1.82, 2.24) is 0 Å². The van der Waals surface area contributed by atoms with Crippen molar-refractivity contribution >= 4 is 28.1 Å². The van der Waals surface area contributed by atoms with Crippen LogP contribution in [0.1, 0.15) is 12.5 Å². The molecule has 5 heteroatoms. The first-order valence-electron chi connectivity index (χ1n) is 11.4. The molecule has 5 nitrogen and oxygen atoms in total. The number of amides is 1. The highest BCUT2D eigenvalue weighted by molar-refractivity contribution is 5.91. The summed E-state index contributed by atoms with van der Waals surface area (Å²) in [6.07, 6.45) is 0. The number of carbonyl (C=O) groups is 1. The molecule has 0 radical (unpaired) electrons. The van der Waals surface area contributed by atoms with Gasteiger partial charge in [0.15, 0.2) is 6.54 Å². The summed E-state index contributed by atoms with van der Waals surface area (Å²) in [6.45, 7) is 9.30. The Balaban J connectivity index is 1.27. The predicted octanol–water partition coefficient (Wildman–Crippen LogP) is 1.22. The van der Waals surface area contributed by atoms with Gasteiger partial charge in [-0.05, 0) is 48.0 Å². The van der Waals surface area contributed by atoms with Gasteiger partial charge in [0.05, 0.1) is 39.8 Å². The van der Waals surface area contributed by atoms with E-state index in [1.165, 1.54) is 46.6 Å². The van der Waals surface area contributed by atoms with Crippen molar-refractivity contribution in [1.29, 1.82) is 0 Å². The number of benzene rings is 3. The number of likely N-dealkylation sites (N-methyl/N-ethyl adjacent to an activating group) is 2. The summed E-state index contributed by atoms with van der Waals surface area (Å²) in [4.78, 5) is 17.8. The normalized spacial score (nSPS) is 15.7. The third kappa shape index (κ3) is 5.63. The monoisotopic (exact) mass is 418 g/mol. The van der Waals surface area contributed by atoms with Gasteiger partial charge in [0.2, 0.25) is 0 Å². The van der Waals surface area contributed by atoms with Crippen molar-refractivity contribution in [3.05, 3.63) is 72.3 Å². The van der Waals surface area contributed by atoms with E-state index < -0.39 is 0 Å². The lowest BCUT2D eigenvalue weighted by Crippen LogP contribution is -3.14. The molecule has 0 aliphatic carbocycles. The van der Waals surface area contributed by atoms with Crippen LogP contribution in [0.25, 0.3) is 10.8 Å². The van der Waals surface area contributed by atoms with Gasteiger partial charge in [-0.1, -0.05) is 36.4 Å². The van der Waals surface area contributed by atoms with Gasteiger partial charge in [-0.2, -0.15) is 0 Å². The molecule has 1 unspecified atom stereocenters. The number of nitrogens with zero attached hydrogens (tertiary/aromatic N) is 1. The van der Waals surface area contributed by atoms with E-state index in [9.17, 15) is 4.79 Å². The van der Waals surface area contributed by atoms with Gasteiger partial charge in [-0.3, -0.25) is 4.79 Å². The summed E-state index contributed by atoms with van der Waals surface area (Å²) in [5.74, 6) is 0.0474. The van der Waals surface area contributed by atoms with Crippen molar-refractivity contribution in [2.24, 2.45) is 0 Å².